The summed E-state index contributed by atoms with van der Waals surface area (Å²) in [7, 11) is 0. The van der Waals surface area contributed by atoms with Crippen LogP contribution < -0.4 is 5.32 Å². The molecule has 0 aliphatic carbocycles. The van der Waals surface area contributed by atoms with Crippen molar-refractivity contribution in [1.29, 1.82) is 0 Å². The van der Waals surface area contributed by atoms with Crippen LogP contribution in [0.25, 0.3) is 11.5 Å². The minimum absolute atomic E-state index is 0.0515. The van der Waals surface area contributed by atoms with Gasteiger partial charge < -0.3 is 9.73 Å². The molecule has 128 valence electrons. The van der Waals surface area contributed by atoms with Crippen LogP contribution in [-0.2, 0) is 4.79 Å². The molecule has 2 aromatic rings. The lowest BCUT2D eigenvalue weighted by atomic mass is 10.1. The summed E-state index contributed by atoms with van der Waals surface area (Å²) in [6.45, 7) is 4.82. The first-order valence-corrected chi connectivity index (χ1v) is 8.42. The van der Waals surface area contributed by atoms with Gasteiger partial charge in [-0.3, -0.25) is 14.9 Å². The van der Waals surface area contributed by atoms with Crippen LogP contribution in [0.5, 0.6) is 0 Å². The SMILES string of the molecule is CC(C)CCNC(=O)CSc1nnc(-c2cccc([N+](=O)[O-])c2)o1. The molecule has 0 aliphatic rings. The number of carbonyl (C=O) groups is 1. The van der Waals surface area contributed by atoms with Gasteiger partial charge in [0.15, 0.2) is 0 Å². The van der Waals surface area contributed by atoms with E-state index in [1.165, 1.54) is 12.1 Å². The van der Waals surface area contributed by atoms with Crippen molar-refractivity contribution in [3.8, 4) is 11.5 Å². The van der Waals surface area contributed by atoms with Gasteiger partial charge >= 0.3 is 0 Å². The number of benzene rings is 1. The third-order valence-electron chi connectivity index (χ3n) is 3.08. The lowest BCUT2D eigenvalue weighted by Crippen LogP contribution is -2.26. The Kier molecular flexibility index (Phi) is 6.30. The van der Waals surface area contributed by atoms with Crippen LogP contribution in [0, 0.1) is 16.0 Å². The van der Waals surface area contributed by atoms with Crippen molar-refractivity contribution in [1.82, 2.24) is 15.5 Å². The predicted octanol–water partition coefficient (Wildman–Crippen LogP) is 2.90. The highest BCUT2D eigenvalue weighted by Crippen LogP contribution is 2.25. The van der Waals surface area contributed by atoms with Crippen molar-refractivity contribution in [3.05, 3.63) is 34.4 Å². The number of rotatable bonds is 8. The first kappa shape index (κ1) is 17.9. The number of amides is 1. The molecule has 0 unspecified atom stereocenters. The van der Waals surface area contributed by atoms with Crippen LogP contribution >= 0.6 is 11.8 Å². The quantitative estimate of drug-likeness (QED) is 0.442. The van der Waals surface area contributed by atoms with Gasteiger partial charge in [0.05, 0.1) is 10.7 Å². The normalized spacial score (nSPS) is 10.8. The minimum Gasteiger partial charge on any atom is -0.411 e. The van der Waals surface area contributed by atoms with E-state index in [0.29, 0.717) is 18.0 Å². The number of hydrogen-bond donors (Lipinski definition) is 1. The average Bonchev–Trinajstić information content (AvgIpc) is 3.01. The number of carbonyl (C=O) groups excluding carboxylic acids is 1. The molecule has 0 spiro atoms. The van der Waals surface area contributed by atoms with E-state index in [1.807, 2.05) is 0 Å². The number of nitro groups is 1. The molecule has 1 amide bonds. The fourth-order valence-electron chi connectivity index (χ4n) is 1.82. The Bertz CT molecular complexity index is 717. The van der Waals surface area contributed by atoms with E-state index in [2.05, 4.69) is 29.4 Å². The lowest BCUT2D eigenvalue weighted by molar-refractivity contribution is -0.384. The smallest absolute Gasteiger partial charge is 0.277 e. The van der Waals surface area contributed by atoms with E-state index in [-0.39, 0.29) is 28.5 Å². The topological polar surface area (TPSA) is 111 Å². The highest BCUT2D eigenvalue weighted by atomic mass is 32.2. The molecule has 0 bridgehead atoms. The van der Waals surface area contributed by atoms with E-state index in [0.717, 1.165) is 18.2 Å². The van der Waals surface area contributed by atoms with Crippen molar-refractivity contribution in [3.63, 3.8) is 0 Å². The minimum atomic E-state index is -0.489. The number of nitro benzene ring substituents is 1. The Morgan fingerprint density at radius 1 is 1.42 bits per heavy atom. The van der Waals surface area contributed by atoms with Gasteiger partial charge in [-0.1, -0.05) is 31.7 Å². The van der Waals surface area contributed by atoms with Gasteiger partial charge in [-0.25, -0.2) is 0 Å². The van der Waals surface area contributed by atoms with E-state index >= 15 is 0 Å². The summed E-state index contributed by atoms with van der Waals surface area (Å²) < 4.78 is 5.44. The summed E-state index contributed by atoms with van der Waals surface area (Å²) in [4.78, 5) is 22.0. The van der Waals surface area contributed by atoms with Crippen LogP contribution in [0.3, 0.4) is 0 Å². The molecule has 0 saturated heterocycles. The molecular formula is C15H18N4O4S. The second-order valence-electron chi connectivity index (χ2n) is 5.50. The molecule has 1 heterocycles. The Labute approximate surface area is 143 Å². The van der Waals surface area contributed by atoms with Crippen molar-refractivity contribution < 1.29 is 14.1 Å². The second-order valence-corrected chi connectivity index (χ2v) is 6.43. The van der Waals surface area contributed by atoms with Crippen molar-refractivity contribution in [2.24, 2.45) is 5.92 Å². The standard InChI is InChI=1S/C15H18N4O4S/c1-10(2)6-7-16-13(20)9-24-15-18-17-14(23-15)11-4-3-5-12(8-11)19(21)22/h3-5,8,10H,6-7,9H2,1-2H3,(H,16,20). The van der Waals surface area contributed by atoms with Crippen LogP contribution in [0.4, 0.5) is 5.69 Å². The fourth-order valence-corrected chi connectivity index (χ4v) is 2.41. The Morgan fingerprint density at radius 2 is 2.21 bits per heavy atom. The molecular weight excluding hydrogens is 332 g/mol. The van der Waals surface area contributed by atoms with Crippen molar-refractivity contribution in [2.75, 3.05) is 12.3 Å². The summed E-state index contributed by atoms with van der Waals surface area (Å²) in [6, 6.07) is 5.94. The number of thioether (sulfide) groups is 1. The third-order valence-corrected chi connectivity index (χ3v) is 3.90. The molecule has 2 rings (SSSR count). The maximum Gasteiger partial charge on any atom is 0.277 e. The largest absolute Gasteiger partial charge is 0.411 e. The van der Waals surface area contributed by atoms with Crippen LogP contribution in [0.1, 0.15) is 20.3 Å². The first-order chi connectivity index (χ1) is 11.5. The zero-order valence-electron chi connectivity index (χ0n) is 13.4. The number of non-ortho nitro benzene ring substituents is 1. The summed E-state index contributed by atoms with van der Waals surface area (Å²) in [5, 5.41) is 21.6. The zero-order chi connectivity index (χ0) is 17.5. The maximum atomic E-state index is 11.7. The van der Waals surface area contributed by atoms with E-state index in [1.54, 1.807) is 12.1 Å². The molecule has 1 aromatic heterocycles. The van der Waals surface area contributed by atoms with Gasteiger partial charge in [0.25, 0.3) is 10.9 Å². The molecule has 8 nitrogen and oxygen atoms in total. The van der Waals surface area contributed by atoms with Crippen molar-refractivity contribution in [2.45, 2.75) is 25.5 Å². The second kappa shape index (κ2) is 8.44. The van der Waals surface area contributed by atoms with Gasteiger partial charge in [0.2, 0.25) is 11.8 Å². The molecule has 0 fully saturated rings. The summed E-state index contributed by atoms with van der Waals surface area (Å²) >= 11 is 1.13. The number of hydrogen-bond acceptors (Lipinski definition) is 7. The average molecular weight is 350 g/mol. The zero-order valence-corrected chi connectivity index (χ0v) is 14.2. The van der Waals surface area contributed by atoms with E-state index < -0.39 is 4.92 Å². The van der Waals surface area contributed by atoms with Crippen molar-refractivity contribution >= 4 is 23.4 Å². The Morgan fingerprint density at radius 3 is 2.92 bits per heavy atom. The van der Waals surface area contributed by atoms with Gasteiger partial charge in [-0.05, 0) is 18.4 Å². The van der Waals surface area contributed by atoms with E-state index in [4.69, 9.17) is 4.42 Å². The summed E-state index contributed by atoms with van der Waals surface area (Å²) in [5.41, 5.74) is 0.411. The first-order valence-electron chi connectivity index (χ1n) is 7.43. The van der Waals surface area contributed by atoms with Crippen LogP contribution in [-0.4, -0.2) is 33.3 Å². The fraction of sp³-hybridized carbons (Fsp3) is 0.400. The molecule has 9 heteroatoms. The number of aromatic nitrogens is 2. The molecule has 0 aliphatic heterocycles. The van der Waals surface area contributed by atoms with E-state index in [9.17, 15) is 14.9 Å². The Balaban J connectivity index is 1.90. The third kappa shape index (κ3) is 5.34. The Hall–Kier alpha value is -2.42. The highest BCUT2D eigenvalue weighted by molar-refractivity contribution is 7.99. The van der Waals surface area contributed by atoms with Crippen LogP contribution in [0.2, 0.25) is 0 Å². The molecule has 24 heavy (non-hydrogen) atoms. The molecule has 1 N–H and O–H groups in total. The van der Waals surface area contributed by atoms with Gasteiger partial charge in [0, 0.05) is 24.2 Å². The number of nitrogens with zero attached hydrogens (tertiary/aromatic N) is 3. The molecule has 0 saturated carbocycles. The maximum absolute atomic E-state index is 11.7. The van der Waals surface area contributed by atoms with Gasteiger partial charge in [0.1, 0.15) is 0 Å². The summed E-state index contributed by atoms with van der Waals surface area (Å²) in [6.07, 6.45) is 0.925. The van der Waals surface area contributed by atoms with Gasteiger partial charge in [-0.2, -0.15) is 0 Å². The monoisotopic (exact) mass is 350 g/mol. The molecule has 1 aromatic carbocycles. The van der Waals surface area contributed by atoms with Crippen LogP contribution in [0.15, 0.2) is 33.9 Å². The summed E-state index contributed by atoms with van der Waals surface area (Å²) in [5.74, 6) is 0.790. The molecule has 0 radical (unpaired) electrons. The van der Waals surface area contributed by atoms with Gasteiger partial charge in [-0.15, -0.1) is 10.2 Å². The number of nitrogens with one attached hydrogen (secondary N) is 1. The molecule has 0 atom stereocenters. The highest BCUT2D eigenvalue weighted by Gasteiger charge is 2.14. The predicted molar refractivity (Wildman–Crippen MR) is 89.6 cm³/mol. The lowest BCUT2D eigenvalue weighted by Gasteiger charge is -2.05.